The predicted octanol–water partition coefficient (Wildman–Crippen LogP) is 2.31. The van der Waals surface area contributed by atoms with E-state index in [1.807, 2.05) is 0 Å². The number of nitrogens with zero attached hydrogens (tertiary/aromatic N) is 2. The highest BCUT2D eigenvalue weighted by atomic mass is 16.5. The Balaban J connectivity index is 2.18. The van der Waals surface area contributed by atoms with E-state index in [1.54, 1.807) is 42.2 Å². The summed E-state index contributed by atoms with van der Waals surface area (Å²) in [5.74, 6) is -0.737. The molecule has 0 spiro atoms. The molecule has 6 heteroatoms. The molecule has 1 amide bonds. The maximum atomic E-state index is 12.5. The molecule has 0 aromatic heterocycles. The van der Waals surface area contributed by atoms with Crippen LogP contribution < -0.4 is 5.32 Å². The zero-order chi connectivity index (χ0) is 16.7. The highest BCUT2D eigenvalue weighted by Crippen LogP contribution is 2.20. The van der Waals surface area contributed by atoms with Crippen molar-refractivity contribution in [2.45, 2.75) is 19.8 Å². The van der Waals surface area contributed by atoms with Gasteiger partial charge >= 0.3 is 5.97 Å². The van der Waals surface area contributed by atoms with Gasteiger partial charge in [0.05, 0.1) is 17.9 Å². The van der Waals surface area contributed by atoms with E-state index < -0.39 is 5.97 Å². The van der Waals surface area contributed by atoms with Crippen LogP contribution >= 0.6 is 0 Å². The van der Waals surface area contributed by atoms with Crippen LogP contribution in [0.25, 0.3) is 0 Å². The van der Waals surface area contributed by atoms with Gasteiger partial charge in [0.25, 0.3) is 5.91 Å². The molecular formula is C17H19N3O3. The number of carbonyl (C=O) groups excluding carboxylic acids is 2. The highest BCUT2D eigenvalue weighted by Gasteiger charge is 2.21. The summed E-state index contributed by atoms with van der Waals surface area (Å²) in [6.45, 7) is 3.39. The average Bonchev–Trinajstić information content (AvgIpc) is 3.10. The lowest BCUT2D eigenvalue weighted by Crippen LogP contribution is -2.28. The molecule has 120 valence electrons. The number of amides is 1. The highest BCUT2D eigenvalue weighted by molar-refractivity contribution is 6.00. The van der Waals surface area contributed by atoms with Crippen LogP contribution in [-0.2, 0) is 9.53 Å². The molecule has 1 aromatic carbocycles. The molecule has 1 aliphatic rings. The van der Waals surface area contributed by atoms with Crippen LogP contribution in [0.4, 0.5) is 5.69 Å². The molecule has 1 N–H and O–H groups in total. The monoisotopic (exact) mass is 313 g/mol. The van der Waals surface area contributed by atoms with Gasteiger partial charge in [-0.15, -0.1) is 0 Å². The molecule has 0 saturated carbocycles. The fraction of sp³-hybridized carbons (Fsp3) is 0.353. The Morgan fingerprint density at radius 2 is 2.04 bits per heavy atom. The first-order valence-corrected chi connectivity index (χ1v) is 7.59. The van der Waals surface area contributed by atoms with Crippen molar-refractivity contribution < 1.29 is 14.3 Å². The Morgan fingerprint density at radius 1 is 1.35 bits per heavy atom. The van der Waals surface area contributed by atoms with Crippen LogP contribution in [0, 0.1) is 11.3 Å². The predicted molar refractivity (Wildman–Crippen MR) is 85.5 cm³/mol. The molecule has 1 saturated heterocycles. The number of hydrogen-bond donors (Lipinski definition) is 1. The minimum Gasteiger partial charge on any atom is -0.462 e. The van der Waals surface area contributed by atoms with Crippen LogP contribution in [0.5, 0.6) is 0 Å². The number of para-hydroxylation sites is 1. The number of esters is 1. The fourth-order valence-electron chi connectivity index (χ4n) is 2.38. The maximum absolute atomic E-state index is 12.5. The number of ether oxygens (including phenoxy) is 1. The third-order valence-electron chi connectivity index (χ3n) is 3.54. The smallest absolute Gasteiger partial charge is 0.350 e. The van der Waals surface area contributed by atoms with Gasteiger partial charge in [-0.3, -0.25) is 4.79 Å². The number of nitriles is 1. The topological polar surface area (TPSA) is 82.4 Å². The van der Waals surface area contributed by atoms with Gasteiger partial charge in [-0.25, -0.2) is 4.79 Å². The lowest BCUT2D eigenvalue weighted by atomic mass is 10.1. The lowest BCUT2D eigenvalue weighted by molar-refractivity contribution is -0.138. The van der Waals surface area contributed by atoms with Gasteiger partial charge in [-0.2, -0.15) is 5.26 Å². The van der Waals surface area contributed by atoms with Crippen LogP contribution in [0.2, 0.25) is 0 Å². The molecule has 1 aromatic rings. The molecule has 0 radical (unpaired) electrons. The Hall–Kier alpha value is -2.81. The molecule has 0 atom stereocenters. The van der Waals surface area contributed by atoms with Crippen molar-refractivity contribution >= 4 is 17.6 Å². The largest absolute Gasteiger partial charge is 0.462 e. The fourth-order valence-corrected chi connectivity index (χ4v) is 2.38. The number of benzene rings is 1. The summed E-state index contributed by atoms with van der Waals surface area (Å²) in [5, 5.41) is 11.9. The second-order valence-corrected chi connectivity index (χ2v) is 5.08. The Bertz CT molecular complexity index is 655. The molecule has 0 bridgehead atoms. The van der Waals surface area contributed by atoms with Gasteiger partial charge in [-0.05, 0) is 31.9 Å². The number of likely N-dealkylation sites (tertiary alicyclic amines) is 1. The first-order valence-electron chi connectivity index (χ1n) is 7.59. The SMILES string of the molecule is CCOC(=O)C(C#N)=CNc1ccccc1C(=O)N1CCCC1. The van der Waals surface area contributed by atoms with E-state index in [-0.39, 0.29) is 18.1 Å². The van der Waals surface area contributed by atoms with E-state index in [0.29, 0.717) is 11.3 Å². The zero-order valence-electron chi connectivity index (χ0n) is 13.0. The summed E-state index contributed by atoms with van der Waals surface area (Å²) >= 11 is 0. The standard InChI is InChI=1S/C17H19N3O3/c1-2-23-17(22)13(11-18)12-19-15-8-4-3-7-14(15)16(21)20-9-5-6-10-20/h3-4,7-8,12,19H,2,5-6,9-10H2,1H3. The first-order chi connectivity index (χ1) is 11.2. The summed E-state index contributed by atoms with van der Waals surface area (Å²) in [4.78, 5) is 25.9. The van der Waals surface area contributed by atoms with Gasteiger partial charge in [-0.1, -0.05) is 12.1 Å². The first kappa shape index (κ1) is 16.6. The minimum atomic E-state index is -0.689. The summed E-state index contributed by atoms with van der Waals surface area (Å²) in [5.41, 5.74) is 0.934. The van der Waals surface area contributed by atoms with Gasteiger partial charge in [0, 0.05) is 19.3 Å². The van der Waals surface area contributed by atoms with Crippen LogP contribution in [0.1, 0.15) is 30.1 Å². The molecule has 6 nitrogen and oxygen atoms in total. The zero-order valence-corrected chi connectivity index (χ0v) is 13.0. The van der Waals surface area contributed by atoms with Gasteiger partial charge in [0.2, 0.25) is 0 Å². The molecular weight excluding hydrogens is 294 g/mol. The van der Waals surface area contributed by atoms with E-state index in [1.165, 1.54) is 6.20 Å². The van der Waals surface area contributed by atoms with Crippen molar-refractivity contribution in [1.82, 2.24) is 4.90 Å². The van der Waals surface area contributed by atoms with Crippen LogP contribution in [0.15, 0.2) is 36.0 Å². The van der Waals surface area contributed by atoms with Crippen molar-refractivity contribution in [3.05, 3.63) is 41.6 Å². The summed E-state index contributed by atoms with van der Waals surface area (Å²) in [6.07, 6.45) is 3.31. The van der Waals surface area contributed by atoms with Crippen molar-refractivity contribution in [2.75, 3.05) is 25.0 Å². The van der Waals surface area contributed by atoms with Crippen LogP contribution in [0.3, 0.4) is 0 Å². The minimum absolute atomic E-state index is 0.0476. The third-order valence-corrected chi connectivity index (χ3v) is 3.54. The second-order valence-electron chi connectivity index (χ2n) is 5.08. The van der Waals surface area contributed by atoms with E-state index in [2.05, 4.69) is 5.32 Å². The Morgan fingerprint density at radius 3 is 2.70 bits per heavy atom. The average molecular weight is 313 g/mol. The number of nitrogens with one attached hydrogen (secondary N) is 1. The number of hydrogen-bond acceptors (Lipinski definition) is 5. The van der Waals surface area contributed by atoms with Gasteiger partial charge in [0.15, 0.2) is 5.57 Å². The van der Waals surface area contributed by atoms with Crippen molar-refractivity contribution in [1.29, 1.82) is 5.26 Å². The van der Waals surface area contributed by atoms with Crippen molar-refractivity contribution in [3.8, 4) is 6.07 Å². The quantitative estimate of drug-likeness (QED) is 0.512. The number of rotatable bonds is 5. The molecule has 0 aliphatic carbocycles. The van der Waals surface area contributed by atoms with Gasteiger partial charge < -0.3 is 15.0 Å². The van der Waals surface area contributed by atoms with E-state index >= 15 is 0 Å². The molecule has 2 rings (SSSR count). The summed E-state index contributed by atoms with van der Waals surface area (Å²) in [6, 6.07) is 8.83. The molecule has 1 heterocycles. The Kier molecular flexibility index (Phi) is 5.75. The van der Waals surface area contributed by atoms with E-state index in [9.17, 15) is 9.59 Å². The third kappa shape index (κ3) is 4.10. The van der Waals surface area contributed by atoms with Crippen molar-refractivity contribution in [3.63, 3.8) is 0 Å². The molecule has 23 heavy (non-hydrogen) atoms. The summed E-state index contributed by atoms with van der Waals surface area (Å²) in [7, 11) is 0. The second kappa shape index (κ2) is 7.99. The van der Waals surface area contributed by atoms with Gasteiger partial charge in [0.1, 0.15) is 6.07 Å². The number of carbonyl (C=O) groups is 2. The van der Waals surface area contributed by atoms with Crippen molar-refractivity contribution in [2.24, 2.45) is 0 Å². The Labute approximate surface area is 135 Å². The molecule has 0 unspecified atom stereocenters. The normalized spacial score (nSPS) is 14.3. The van der Waals surface area contributed by atoms with E-state index in [4.69, 9.17) is 10.00 Å². The lowest BCUT2D eigenvalue weighted by Gasteiger charge is -2.17. The maximum Gasteiger partial charge on any atom is 0.350 e. The van der Waals surface area contributed by atoms with Crippen LogP contribution in [-0.4, -0.2) is 36.5 Å². The summed E-state index contributed by atoms with van der Waals surface area (Å²) < 4.78 is 4.80. The molecule has 1 fully saturated rings. The van der Waals surface area contributed by atoms with E-state index in [0.717, 1.165) is 25.9 Å². The number of anilines is 1. The molecule has 1 aliphatic heterocycles.